The number of sulfone groups is 1. The van der Waals surface area contributed by atoms with Gasteiger partial charge in [0.15, 0.2) is 11.5 Å². The van der Waals surface area contributed by atoms with Crippen LogP contribution in [0.3, 0.4) is 0 Å². The minimum absolute atomic E-state index is 0.00799. The van der Waals surface area contributed by atoms with Gasteiger partial charge in [0, 0.05) is 12.1 Å². The van der Waals surface area contributed by atoms with E-state index in [1.54, 1.807) is 0 Å². The molecule has 0 saturated carbocycles. The maximum atomic E-state index is 14.4. The molecular weight excluding hydrogens is 1130 g/mol. The Bertz CT molecular complexity index is 2360. The molecule has 408 valence electrons. The summed E-state index contributed by atoms with van der Waals surface area (Å²) in [5, 5.41) is 0. The number of halogens is 34. The van der Waals surface area contributed by atoms with E-state index in [4.69, 9.17) is 11.5 Å². The van der Waals surface area contributed by atoms with Gasteiger partial charge in [-0.2, -0.15) is 149 Å². The van der Waals surface area contributed by atoms with Crippen LogP contribution in [0, 0.1) is 0 Å². The van der Waals surface area contributed by atoms with E-state index in [0.717, 1.165) is 0 Å². The zero-order chi connectivity index (χ0) is 56.9. The lowest BCUT2D eigenvalue weighted by Gasteiger charge is -2.41. The third kappa shape index (κ3) is 8.93. The lowest BCUT2D eigenvalue weighted by molar-refractivity contribution is -0.451. The average molecular weight is 1140 g/mol. The quantitative estimate of drug-likeness (QED) is 0.0875. The number of benzene rings is 2. The zero-order valence-electron chi connectivity index (χ0n) is 31.5. The van der Waals surface area contributed by atoms with Gasteiger partial charge in [0.2, 0.25) is 21.5 Å². The van der Waals surface area contributed by atoms with Crippen molar-refractivity contribution in [1.82, 2.24) is 0 Å². The van der Waals surface area contributed by atoms with Gasteiger partial charge >= 0.3 is 95.4 Å². The average Bonchev–Trinajstić information content (AvgIpc) is 3.19. The van der Waals surface area contributed by atoms with E-state index in [9.17, 15) is 158 Å². The predicted molar refractivity (Wildman–Crippen MR) is 158 cm³/mol. The normalized spacial score (nSPS) is 16.1. The van der Waals surface area contributed by atoms with Crippen LogP contribution in [-0.2, 0) is 9.84 Å². The number of allylic oxidation sites excluding steroid dienone is 2. The molecule has 0 heterocycles. The summed E-state index contributed by atoms with van der Waals surface area (Å²) in [5.41, 5.74) is 7.18. The van der Waals surface area contributed by atoms with E-state index in [0.29, 0.717) is 0 Å². The first-order chi connectivity index (χ1) is 30.9. The predicted octanol–water partition coefficient (Wildman–Crippen LogP) is 13.4. The second-order valence-electron chi connectivity index (χ2n) is 13.2. The van der Waals surface area contributed by atoms with Gasteiger partial charge in [0.05, 0.1) is 21.2 Å². The van der Waals surface area contributed by atoms with E-state index >= 15 is 0 Å². The zero-order valence-corrected chi connectivity index (χ0v) is 32.3. The molecule has 0 atom stereocenters. The van der Waals surface area contributed by atoms with Crippen molar-refractivity contribution in [2.24, 2.45) is 0 Å². The minimum Gasteiger partial charge on any atom is -0.427 e. The summed E-state index contributed by atoms with van der Waals surface area (Å²) in [7, 11) is -5.84. The molecule has 2 rings (SSSR count). The van der Waals surface area contributed by atoms with E-state index < -0.39 is 162 Å². The Balaban J connectivity index is 2.67. The monoisotopic (exact) mass is 1140 g/mol. The molecule has 41 heteroatoms. The topological polar surface area (TPSA) is 105 Å². The van der Waals surface area contributed by atoms with Crippen molar-refractivity contribution in [3.05, 3.63) is 60.1 Å². The molecule has 0 aromatic heterocycles. The fraction of sp³-hybridized carbons (Fsp3) is 0.467. The highest BCUT2D eigenvalue weighted by Crippen LogP contribution is 2.65. The maximum Gasteiger partial charge on any atom is 0.460 e. The summed E-state index contributed by atoms with van der Waals surface area (Å²) >= 11 is 0. The summed E-state index contributed by atoms with van der Waals surface area (Å²) < 4.78 is 494. The van der Waals surface area contributed by atoms with Gasteiger partial charge in [-0.05, 0) is 24.3 Å². The Morgan fingerprint density at radius 1 is 0.352 bits per heavy atom. The number of anilines is 2. The summed E-state index contributed by atoms with van der Waals surface area (Å²) in [6.45, 7) is 0. The van der Waals surface area contributed by atoms with Crippen LogP contribution in [0.4, 0.5) is 161 Å². The number of nitrogen functional groups attached to an aromatic ring is 2. The largest absolute Gasteiger partial charge is 0.460 e. The van der Waals surface area contributed by atoms with E-state index in [2.05, 4.69) is 9.47 Å². The summed E-state index contributed by atoms with van der Waals surface area (Å²) in [6.07, 6.45) is -16.1. The van der Waals surface area contributed by atoms with Crippen molar-refractivity contribution in [2.45, 2.75) is 93.2 Å². The Hall–Kier alpha value is -5.31. The van der Waals surface area contributed by atoms with Crippen LogP contribution in [0.1, 0.15) is 0 Å². The van der Waals surface area contributed by atoms with E-state index in [1.165, 1.54) is 0 Å². The molecule has 2 aromatic rings. The number of rotatable bonds is 18. The summed E-state index contributed by atoms with van der Waals surface area (Å²) in [4.78, 5) is -3.52. The van der Waals surface area contributed by atoms with Gasteiger partial charge in [-0.3, -0.25) is 0 Å². The molecule has 0 aliphatic carbocycles. The van der Waals surface area contributed by atoms with Gasteiger partial charge in [0.25, 0.3) is 0 Å². The lowest BCUT2D eigenvalue weighted by atomic mass is 9.91. The third-order valence-electron chi connectivity index (χ3n) is 8.54. The van der Waals surface area contributed by atoms with Crippen molar-refractivity contribution < 1.29 is 167 Å². The molecule has 6 nitrogen and oxygen atoms in total. The second kappa shape index (κ2) is 17.4. The first-order valence-electron chi connectivity index (χ1n) is 16.0. The highest BCUT2D eigenvalue weighted by molar-refractivity contribution is 7.91. The molecule has 0 bridgehead atoms. The first kappa shape index (κ1) is 61.8. The van der Waals surface area contributed by atoms with E-state index in [1.807, 2.05) is 0 Å². The van der Waals surface area contributed by atoms with Crippen LogP contribution >= 0.6 is 0 Å². The van der Waals surface area contributed by atoms with E-state index in [-0.39, 0.29) is 24.3 Å². The van der Waals surface area contributed by atoms with Crippen molar-refractivity contribution >= 4 is 21.2 Å². The molecule has 0 amide bonds. The molecular formula is C30H10F34N2O4S. The Kier molecular flexibility index (Phi) is 15.2. The van der Waals surface area contributed by atoms with Gasteiger partial charge in [-0.15, -0.1) is 0 Å². The number of nitrogens with two attached hydrogens (primary N) is 2. The van der Waals surface area contributed by atoms with Gasteiger partial charge in [-0.1, -0.05) is 0 Å². The Morgan fingerprint density at radius 2 is 0.563 bits per heavy atom. The number of ether oxygens (including phenoxy) is 2. The molecule has 0 aliphatic heterocycles. The minimum atomic E-state index is -9.00. The van der Waals surface area contributed by atoms with Crippen LogP contribution < -0.4 is 20.9 Å². The van der Waals surface area contributed by atoms with Crippen molar-refractivity contribution in [1.29, 1.82) is 0 Å². The summed E-state index contributed by atoms with van der Waals surface area (Å²) in [5.74, 6) is -119. The fourth-order valence-electron chi connectivity index (χ4n) is 4.42. The van der Waals surface area contributed by atoms with Crippen molar-refractivity contribution in [3.63, 3.8) is 0 Å². The highest BCUT2D eigenvalue weighted by Gasteiger charge is 2.95. The molecule has 0 aliphatic rings. The summed E-state index contributed by atoms with van der Waals surface area (Å²) in [6, 6.07) is -9.28. The van der Waals surface area contributed by atoms with Crippen LogP contribution in [0.5, 0.6) is 11.5 Å². The van der Waals surface area contributed by atoms with Gasteiger partial charge in [-0.25, -0.2) is 8.42 Å². The smallest absolute Gasteiger partial charge is 0.427 e. The third-order valence-corrected chi connectivity index (χ3v) is 10.3. The fourth-order valence-corrected chi connectivity index (χ4v) is 5.71. The molecule has 71 heavy (non-hydrogen) atoms. The van der Waals surface area contributed by atoms with Crippen LogP contribution in [-0.4, -0.2) is 91.8 Å². The lowest BCUT2D eigenvalue weighted by Crippen LogP contribution is -2.72. The number of hydrogen-bond donors (Lipinski definition) is 2. The van der Waals surface area contributed by atoms with Gasteiger partial charge in [0.1, 0.15) is 0 Å². The van der Waals surface area contributed by atoms with Crippen LogP contribution in [0.25, 0.3) is 0 Å². The molecule has 0 spiro atoms. The molecule has 0 saturated heterocycles. The second-order valence-corrected chi connectivity index (χ2v) is 15.1. The van der Waals surface area contributed by atoms with Crippen LogP contribution in [0.2, 0.25) is 0 Å². The van der Waals surface area contributed by atoms with Crippen LogP contribution in [0.15, 0.2) is 69.9 Å². The molecule has 0 unspecified atom stereocenters. The molecule has 2 aromatic carbocycles. The molecule has 0 radical (unpaired) electrons. The highest BCUT2D eigenvalue weighted by atomic mass is 32.2. The maximum absolute atomic E-state index is 14.4. The molecule has 4 N–H and O–H groups in total. The Labute approximate surface area is 365 Å². The first-order valence-corrected chi connectivity index (χ1v) is 17.5. The molecule has 0 fully saturated rings. The standard InChI is InChI=1S/C30H10F34N2O4S/c31-13(17(35,36)19(39,40)21(43,44)23(47,48)25(51,52)27(55,56)29(59,60)61)15(33)69-11-5-7(1-3-9(11)65)71(67,68)8-2-4-10(66)12(6-8)70-16(34)14(32)18(37,38)20(41,42)22(45,46)24(49,50)26(53,54)28(57,58)30(62,63)64/h1-6H,65-66H2. The number of hydrogen-bond acceptors (Lipinski definition) is 6. The van der Waals surface area contributed by atoms with Crippen molar-refractivity contribution in [2.75, 3.05) is 11.5 Å². The SMILES string of the molecule is Nc1ccc(S(=O)(=O)c2ccc(N)c(OC(F)=C(F)C(F)(F)C(F)(F)C(F)(F)C(F)(F)C(F)(F)C(F)(F)C(F)(F)F)c2)cc1OC(F)=C(F)C(F)(F)C(F)(F)C(F)(F)C(F)(F)C(F)(F)C(F)(F)C(F)(F)F. The van der Waals surface area contributed by atoms with Gasteiger partial charge < -0.3 is 20.9 Å². The number of alkyl halides is 30. The Morgan fingerprint density at radius 3 is 0.789 bits per heavy atom. The van der Waals surface area contributed by atoms with Crippen molar-refractivity contribution in [3.8, 4) is 11.5 Å².